The number of nitrogens with one attached hydrogen (secondary N) is 1. The van der Waals surface area contributed by atoms with Crippen LogP contribution in [0.5, 0.6) is 0 Å². The van der Waals surface area contributed by atoms with E-state index in [1.54, 1.807) is 0 Å². The minimum Gasteiger partial charge on any atom is -0.376 e. The second-order valence-electron chi connectivity index (χ2n) is 4.66. The zero-order chi connectivity index (χ0) is 11.1. The van der Waals surface area contributed by atoms with Crippen molar-refractivity contribution in [2.24, 2.45) is 0 Å². The average Bonchev–Trinajstić information content (AvgIpc) is 2.66. The van der Waals surface area contributed by atoms with Crippen LogP contribution in [0.2, 0.25) is 0 Å². The Labute approximate surface area is 94.8 Å². The van der Waals surface area contributed by atoms with E-state index in [0.29, 0.717) is 5.92 Å². The van der Waals surface area contributed by atoms with Crippen molar-refractivity contribution in [3.63, 3.8) is 0 Å². The van der Waals surface area contributed by atoms with Gasteiger partial charge < -0.3 is 9.72 Å². The molecule has 0 amide bonds. The van der Waals surface area contributed by atoms with Crippen molar-refractivity contribution in [1.82, 2.24) is 9.97 Å². The molecule has 16 heavy (non-hydrogen) atoms. The summed E-state index contributed by atoms with van der Waals surface area (Å²) < 4.78 is 5.55. The first-order valence-electron chi connectivity index (χ1n) is 5.83. The molecule has 3 heterocycles. The molecule has 0 radical (unpaired) electrons. The number of aromatic nitrogens is 2. The van der Waals surface area contributed by atoms with Gasteiger partial charge in [0.05, 0.1) is 13.2 Å². The number of pyridine rings is 1. The summed E-state index contributed by atoms with van der Waals surface area (Å²) >= 11 is 0. The predicted molar refractivity (Wildman–Crippen MR) is 63.5 cm³/mol. The largest absolute Gasteiger partial charge is 0.376 e. The fraction of sp³-hybridized carbons (Fsp3) is 0.462. The summed E-state index contributed by atoms with van der Waals surface area (Å²) in [5, 5.41) is 1.28. The lowest BCUT2D eigenvalue weighted by Gasteiger charge is -2.14. The van der Waals surface area contributed by atoms with Crippen LogP contribution >= 0.6 is 0 Å². The number of hydrogen-bond acceptors (Lipinski definition) is 2. The van der Waals surface area contributed by atoms with Crippen LogP contribution in [0, 0.1) is 0 Å². The van der Waals surface area contributed by atoms with E-state index in [1.165, 1.54) is 22.2 Å². The van der Waals surface area contributed by atoms with Gasteiger partial charge in [-0.2, -0.15) is 0 Å². The molecule has 2 aromatic heterocycles. The molecule has 0 aromatic carbocycles. The molecule has 0 bridgehead atoms. The topological polar surface area (TPSA) is 37.9 Å². The second-order valence-corrected chi connectivity index (χ2v) is 4.66. The zero-order valence-electron chi connectivity index (χ0n) is 9.71. The summed E-state index contributed by atoms with van der Waals surface area (Å²) in [7, 11) is 0. The summed E-state index contributed by atoms with van der Waals surface area (Å²) in [6.45, 7) is 5.98. The maximum atomic E-state index is 5.55. The molecule has 2 aromatic rings. The van der Waals surface area contributed by atoms with E-state index in [9.17, 15) is 0 Å². The van der Waals surface area contributed by atoms with Crippen molar-refractivity contribution in [3.05, 3.63) is 29.1 Å². The SMILES string of the molecule is CC(C)c1ccnc2[nH]c3c(c12)COCC3. The Kier molecular flexibility index (Phi) is 2.21. The first-order chi connectivity index (χ1) is 7.77. The first-order valence-corrected chi connectivity index (χ1v) is 5.83. The van der Waals surface area contributed by atoms with Gasteiger partial charge in [0.25, 0.3) is 0 Å². The fourth-order valence-corrected chi connectivity index (χ4v) is 2.46. The van der Waals surface area contributed by atoms with E-state index in [2.05, 4.69) is 29.9 Å². The molecule has 0 aliphatic carbocycles. The minimum atomic E-state index is 0.521. The Morgan fingerprint density at radius 2 is 2.31 bits per heavy atom. The molecular formula is C13H16N2O. The van der Waals surface area contributed by atoms with Crippen molar-refractivity contribution in [2.75, 3.05) is 6.61 Å². The molecule has 0 atom stereocenters. The maximum Gasteiger partial charge on any atom is 0.138 e. The van der Waals surface area contributed by atoms with Gasteiger partial charge in [-0.3, -0.25) is 0 Å². The third-order valence-corrected chi connectivity index (χ3v) is 3.28. The predicted octanol–water partition coefficient (Wildman–Crippen LogP) is 2.76. The van der Waals surface area contributed by atoms with Gasteiger partial charge in [0.1, 0.15) is 5.65 Å². The molecule has 84 valence electrons. The molecule has 3 heteroatoms. The van der Waals surface area contributed by atoms with Gasteiger partial charge in [-0.1, -0.05) is 13.8 Å². The van der Waals surface area contributed by atoms with Crippen LogP contribution in [0.15, 0.2) is 12.3 Å². The Bertz CT molecular complexity index is 528. The Hall–Kier alpha value is -1.35. The lowest BCUT2D eigenvalue weighted by molar-refractivity contribution is 0.111. The highest BCUT2D eigenvalue weighted by molar-refractivity contribution is 5.85. The van der Waals surface area contributed by atoms with Gasteiger partial charge in [-0.25, -0.2) is 4.98 Å². The van der Waals surface area contributed by atoms with Crippen LogP contribution in [0.25, 0.3) is 11.0 Å². The van der Waals surface area contributed by atoms with Crippen molar-refractivity contribution < 1.29 is 4.74 Å². The van der Waals surface area contributed by atoms with Crippen molar-refractivity contribution in [1.29, 1.82) is 0 Å². The Morgan fingerprint density at radius 3 is 3.12 bits per heavy atom. The molecule has 3 rings (SSSR count). The van der Waals surface area contributed by atoms with Gasteiger partial charge in [0, 0.05) is 29.3 Å². The first kappa shape index (κ1) is 9.85. The van der Waals surface area contributed by atoms with Crippen LogP contribution in [-0.2, 0) is 17.8 Å². The van der Waals surface area contributed by atoms with Crippen LogP contribution in [0.1, 0.15) is 36.6 Å². The Morgan fingerprint density at radius 1 is 1.44 bits per heavy atom. The standard InChI is InChI=1S/C13H16N2O/c1-8(2)9-3-5-14-13-12(9)10-7-16-6-4-11(10)15-13/h3,5,8H,4,6-7H2,1-2H3,(H,14,15). The van der Waals surface area contributed by atoms with Gasteiger partial charge >= 0.3 is 0 Å². The molecule has 1 aliphatic rings. The van der Waals surface area contributed by atoms with Crippen molar-refractivity contribution in [3.8, 4) is 0 Å². The van der Waals surface area contributed by atoms with Crippen LogP contribution in [-0.4, -0.2) is 16.6 Å². The highest BCUT2D eigenvalue weighted by Crippen LogP contribution is 2.31. The lowest BCUT2D eigenvalue weighted by atomic mass is 9.97. The highest BCUT2D eigenvalue weighted by atomic mass is 16.5. The number of hydrogen-bond donors (Lipinski definition) is 1. The van der Waals surface area contributed by atoms with E-state index in [1.807, 2.05) is 6.20 Å². The average molecular weight is 216 g/mol. The monoisotopic (exact) mass is 216 g/mol. The van der Waals surface area contributed by atoms with E-state index in [4.69, 9.17) is 4.74 Å². The van der Waals surface area contributed by atoms with E-state index in [-0.39, 0.29) is 0 Å². The number of ether oxygens (including phenoxy) is 1. The number of nitrogens with zero attached hydrogens (tertiary/aromatic N) is 1. The molecule has 1 N–H and O–H groups in total. The molecule has 0 saturated carbocycles. The molecule has 0 spiro atoms. The van der Waals surface area contributed by atoms with Crippen LogP contribution in [0.4, 0.5) is 0 Å². The normalized spacial score (nSPS) is 15.7. The van der Waals surface area contributed by atoms with Gasteiger partial charge in [-0.15, -0.1) is 0 Å². The molecule has 1 aliphatic heterocycles. The quantitative estimate of drug-likeness (QED) is 0.796. The zero-order valence-corrected chi connectivity index (χ0v) is 9.71. The third kappa shape index (κ3) is 1.35. The minimum absolute atomic E-state index is 0.521. The molecular weight excluding hydrogens is 200 g/mol. The van der Waals surface area contributed by atoms with E-state index < -0.39 is 0 Å². The number of rotatable bonds is 1. The van der Waals surface area contributed by atoms with Crippen LogP contribution < -0.4 is 0 Å². The summed E-state index contributed by atoms with van der Waals surface area (Å²) in [6, 6.07) is 2.12. The fourth-order valence-electron chi connectivity index (χ4n) is 2.46. The summed E-state index contributed by atoms with van der Waals surface area (Å²) in [6.07, 6.45) is 2.86. The van der Waals surface area contributed by atoms with Gasteiger partial charge in [0.2, 0.25) is 0 Å². The van der Waals surface area contributed by atoms with Crippen molar-refractivity contribution in [2.45, 2.75) is 32.8 Å². The highest BCUT2D eigenvalue weighted by Gasteiger charge is 2.19. The smallest absolute Gasteiger partial charge is 0.138 e. The van der Waals surface area contributed by atoms with Crippen molar-refractivity contribution >= 4 is 11.0 Å². The van der Waals surface area contributed by atoms with E-state index in [0.717, 1.165) is 25.3 Å². The molecule has 0 fully saturated rings. The molecule has 0 saturated heterocycles. The summed E-state index contributed by atoms with van der Waals surface area (Å²) in [5.41, 5.74) is 5.01. The van der Waals surface area contributed by atoms with Gasteiger partial charge in [-0.05, 0) is 17.5 Å². The summed E-state index contributed by atoms with van der Waals surface area (Å²) in [5.74, 6) is 0.521. The Balaban J connectivity index is 2.32. The van der Waals surface area contributed by atoms with E-state index >= 15 is 0 Å². The van der Waals surface area contributed by atoms with Crippen LogP contribution in [0.3, 0.4) is 0 Å². The van der Waals surface area contributed by atoms with Gasteiger partial charge in [0.15, 0.2) is 0 Å². The number of H-pyrrole nitrogens is 1. The number of aromatic amines is 1. The molecule has 0 unspecified atom stereocenters. The maximum absolute atomic E-state index is 5.55. The molecule has 3 nitrogen and oxygen atoms in total. The number of fused-ring (bicyclic) bond motifs is 3. The summed E-state index contributed by atoms with van der Waals surface area (Å²) in [4.78, 5) is 7.84. The second kappa shape index (κ2) is 3.59. The third-order valence-electron chi connectivity index (χ3n) is 3.28. The lowest BCUT2D eigenvalue weighted by Crippen LogP contribution is -2.08.